The van der Waals surface area contributed by atoms with E-state index in [1.807, 2.05) is 43.8 Å². The maximum absolute atomic E-state index is 12.3. The van der Waals surface area contributed by atoms with Gasteiger partial charge in [-0.15, -0.1) is 0 Å². The molecule has 3 N–H and O–H groups in total. The van der Waals surface area contributed by atoms with Crippen molar-refractivity contribution in [3.63, 3.8) is 0 Å². The molecule has 1 atom stereocenters. The third kappa shape index (κ3) is 3.64. The Kier molecular flexibility index (Phi) is 4.71. The monoisotopic (exact) mass is 279 g/mol. The number of nitrogens with two attached hydrogens (primary N) is 1. The van der Waals surface area contributed by atoms with Gasteiger partial charge in [0.25, 0.3) is 0 Å². The Balaban J connectivity index is 2.01. The summed E-state index contributed by atoms with van der Waals surface area (Å²) in [5.41, 5.74) is 8.27. The van der Waals surface area contributed by atoms with E-state index in [1.165, 1.54) is 0 Å². The maximum atomic E-state index is 12.3. The van der Waals surface area contributed by atoms with E-state index in [0.29, 0.717) is 5.69 Å². The van der Waals surface area contributed by atoms with Crippen LogP contribution in [0.15, 0.2) is 18.2 Å². The molecule has 1 aliphatic heterocycles. The van der Waals surface area contributed by atoms with Gasteiger partial charge in [0.1, 0.15) is 0 Å². The quantitative estimate of drug-likeness (QED) is 0.830. The zero-order valence-electron chi connectivity index (χ0n) is 11.5. The van der Waals surface area contributed by atoms with Crippen LogP contribution < -0.4 is 11.1 Å². The number of nitrogens with zero attached hydrogens (tertiary/aromatic N) is 1. The number of benzene rings is 1. The maximum Gasteiger partial charge on any atom is 0.241 e. The highest BCUT2D eigenvalue weighted by Crippen LogP contribution is 2.19. The van der Waals surface area contributed by atoms with Crippen molar-refractivity contribution < 1.29 is 4.79 Å². The van der Waals surface area contributed by atoms with Gasteiger partial charge in [-0.05, 0) is 31.5 Å². The summed E-state index contributed by atoms with van der Waals surface area (Å²) in [6.45, 7) is 5.90. The Hall–Kier alpha value is -1.20. The van der Waals surface area contributed by atoms with Crippen molar-refractivity contribution in [2.24, 2.45) is 0 Å². The molecule has 5 heteroatoms. The number of hydrogen-bond acceptors (Lipinski definition) is 4. The van der Waals surface area contributed by atoms with Gasteiger partial charge in [-0.3, -0.25) is 9.69 Å². The summed E-state index contributed by atoms with van der Waals surface area (Å²) in [5, 5.41) is 2.98. The van der Waals surface area contributed by atoms with Crippen LogP contribution in [0.1, 0.15) is 12.5 Å². The number of nitrogen functional groups attached to an aromatic ring is 1. The van der Waals surface area contributed by atoms with Gasteiger partial charge >= 0.3 is 0 Å². The first-order valence-corrected chi connectivity index (χ1v) is 7.72. The highest BCUT2D eigenvalue weighted by Gasteiger charge is 2.23. The highest BCUT2D eigenvalue weighted by atomic mass is 32.2. The number of amides is 1. The van der Waals surface area contributed by atoms with Gasteiger partial charge in [-0.1, -0.05) is 6.07 Å². The molecular formula is C14H21N3OS. The molecule has 0 aromatic heterocycles. The molecule has 1 amide bonds. The summed E-state index contributed by atoms with van der Waals surface area (Å²) in [6.07, 6.45) is 0. The van der Waals surface area contributed by atoms with Gasteiger partial charge in [0.2, 0.25) is 5.91 Å². The van der Waals surface area contributed by atoms with E-state index in [4.69, 9.17) is 5.73 Å². The van der Waals surface area contributed by atoms with Crippen LogP contribution in [0, 0.1) is 6.92 Å². The van der Waals surface area contributed by atoms with E-state index in [2.05, 4.69) is 10.2 Å². The number of rotatable bonds is 3. The van der Waals surface area contributed by atoms with Crippen LogP contribution in [0.3, 0.4) is 0 Å². The third-order valence-corrected chi connectivity index (χ3v) is 4.43. The van der Waals surface area contributed by atoms with Crippen LogP contribution in [0.5, 0.6) is 0 Å². The minimum absolute atomic E-state index is 0.0422. The van der Waals surface area contributed by atoms with E-state index in [-0.39, 0.29) is 11.9 Å². The largest absolute Gasteiger partial charge is 0.399 e. The molecule has 1 unspecified atom stereocenters. The van der Waals surface area contributed by atoms with Crippen molar-refractivity contribution in [2.45, 2.75) is 19.9 Å². The Bertz CT molecular complexity index is 458. The first-order valence-electron chi connectivity index (χ1n) is 6.56. The van der Waals surface area contributed by atoms with E-state index in [9.17, 15) is 4.79 Å². The molecular weight excluding hydrogens is 258 g/mol. The third-order valence-electron chi connectivity index (χ3n) is 3.49. The first kappa shape index (κ1) is 14.2. The Morgan fingerprint density at radius 2 is 2.11 bits per heavy atom. The number of nitrogens with one attached hydrogen (secondary N) is 1. The molecule has 1 aromatic rings. The number of carbonyl (C=O) groups excluding carboxylic acids is 1. The fourth-order valence-corrected chi connectivity index (χ4v) is 3.07. The first-order chi connectivity index (χ1) is 9.08. The summed E-state index contributed by atoms with van der Waals surface area (Å²) in [7, 11) is 0. The zero-order valence-corrected chi connectivity index (χ0v) is 12.3. The summed E-state index contributed by atoms with van der Waals surface area (Å²) in [4.78, 5) is 14.5. The van der Waals surface area contributed by atoms with Gasteiger partial charge in [0, 0.05) is 36.0 Å². The normalized spacial score (nSPS) is 18.0. The summed E-state index contributed by atoms with van der Waals surface area (Å²) >= 11 is 1.95. The predicted molar refractivity (Wildman–Crippen MR) is 82.6 cm³/mol. The molecule has 1 fully saturated rings. The Morgan fingerprint density at radius 3 is 2.79 bits per heavy atom. The van der Waals surface area contributed by atoms with E-state index in [0.717, 1.165) is 35.8 Å². The lowest BCUT2D eigenvalue weighted by atomic mass is 10.1. The molecule has 104 valence electrons. The average molecular weight is 279 g/mol. The average Bonchev–Trinajstić information content (AvgIpc) is 2.43. The fraction of sp³-hybridized carbons (Fsp3) is 0.500. The molecule has 19 heavy (non-hydrogen) atoms. The van der Waals surface area contributed by atoms with Crippen molar-refractivity contribution in [2.75, 3.05) is 35.6 Å². The smallest absolute Gasteiger partial charge is 0.241 e. The van der Waals surface area contributed by atoms with Crippen molar-refractivity contribution in [1.29, 1.82) is 0 Å². The molecule has 1 aromatic carbocycles. The van der Waals surface area contributed by atoms with Crippen LogP contribution in [-0.2, 0) is 4.79 Å². The number of aryl methyl sites for hydroxylation is 1. The molecule has 0 radical (unpaired) electrons. The highest BCUT2D eigenvalue weighted by molar-refractivity contribution is 7.99. The van der Waals surface area contributed by atoms with Crippen molar-refractivity contribution in [3.8, 4) is 0 Å². The van der Waals surface area contributed by atoms with Crippen molar-refractivity contribution in [1.82, 2.24) is 4.90 Å². The van der Waals surface area contributed by atoms with Gasteiger partial charge in [0.15, 0.2) is 0 Å². The second kappa shape index (κ2) is 6.30. The van der Waals surface area contributed by atoms with Gasteiger partial charge in [0.05, 0.1) is 6.04 Å². The Labute approximate surface area is 118 Å². The summed E-state index contributed by atoms with van der Waals surface area (Å²) < 4.78 is 0. The molecule has 0 bridgehead atoms. The molecule has 1 aliphatic rings. The summed E-state index contributed by atoms with van der Waals surface area (Å²) in [6, 6.07) is 5.48. The molecule has 0 saturated carbocycles. The predicted octanol–water partition coefficient (Wildman–Crippen LogP) is 1.95. The molecule has 1 saturated heterocycles. The van der Waals surface area contributed by atoms with E-state index < -0.39 is 0 Å². The second-order valence-corrected chi connectivity index (χ2v) is 6.11. The minimum Gasteiger partial charge on any atom is -0.399 e. The standard InChI is InChI=1S/C14H21N3OS/c1-10-3-4-12(15)9-13(10)16-14(18)11(2)17-5-7-19-8-6-17/h3-4,9,11H,5-8,15H2,1-2H3,(H,16,18). The van der Waals surface area contributed by atoms with Crippen LogP contribution in [0.25, 0.3) is 0 Å². The van der Waals surface area contributed by atoms with Crippen molar-refractivity contribution in [3.05, 3.63) is 23.8 Å². The number of hydrogen-bond donors (Lipinski definition) is 2. The lowest BCUT2D eigenvalue weighted by molar-refractivity contribution is -0.120. The summed E-state index contributed by atoms with van der Waals surface area (Å²) in [5.74, 6) is 2.25. The van der Waals surface area contributed by atoms with E-state index >= 15 is 0 Å². The lowest BCUT2D eigenvalue weighted by Gasteiger charge is -2.31. The van der Waals surface area contributed by atoms with Crippen LogP contribution in [-0.4, -0.2) is 41.4 Å². The topological polar surface area (TPSA) is 58.4 Å². The zero-order chi connectivity index (χ0) is 13.8. The Morgan fingerprint density at radius 1 is 1.42 bits per heavy atom. The molecule has 2 rings (SSSR count). The SMILES string of the molecule is Cc1ccc(N)cc1NC(=O)C(C)N1CCSCC1. The fourth-order valence-electron chi connectivity index (χ4n) is 2.14. The number of carbonyl (C=O) groups is 1. The minimum atomic E-state index is -0.0956. The number of thioether (sulfide) groups is 1. The van der Waals surface area contributed by atoms with E-state index in [1.54, 1.807) is 0 Å². The molecule has 0 spiro atoms. The van der Waals surface area contributed by atoms with Crippen LogP contribution in [0.4, 0.5) is 11.4 Å². The van der Waals surface area contributed by atoms with Gasteiger partial charge in [-0.2, -0.15) is 11.8 Å². The van der Waals surface area contributed by atoms with Crippen LogP contribution in [0.2, 0.25) is 0 Å². The lowest BCUT2D eigenvalue weighted by Crippen LogP contribution is -2.46. The molecule has 4 nitrogen and oxygen atoms in total. The molecule has 0 aliphatic carbocycles. The van der Waals surface area contributed by atoms with Gasteiger partial charge < -0.3 is 11.1 Å². The van der Waals surface area contributed by atoms with Gasteiger partial charge in [-0.25, -0.2) is 0 Å². The second-order valence-electron chi connectivity index (χ2n) is 4.89. The molecule has 1 heterocycles. The van der Waals surface area contributed by atoms with Crippen LogP contribution >= 0.6 is 11.8 Å². The number of anilines is 2. The van der Waals surface area contributed by atoms with Crippen molar-refractivity contribution >= 4 is 29.0 Å².